The molecular formula is C11H17N3. The lowest BCUT2D eigenvalue weighted by Gasteiger charge is -2.18. The molecule has 0 unspecified atom stereocenters. The average Bonchev–Trinajstić information content (AvgIpc) is 2.85. The van der Waals surface area contributed by atoms with E-state index in [4.69, 9.17) is 0 Å². The largest absolute Gasteiger partial charge is 0.332 e. The van der Waals surface area contributed by atoms with Crippen molar-refractivity contribution in [1.29, 1.82) is 0 Å². The number of nitrogens with zero attached hydrogens (tertiary/aromatic N) is 2. The third kappa shape index (κ3) is 1.27. The van der Waals surface area contributed by atoms with E-state index in [1.54, 1.807) is 0 Å². The highest BCUT2D eigenvalue weighted by molar-refractivity contribution is 5.20. The molecule has 2 aliphatic rings. The molecule has 0 amide bonds. The van der Waals surface area contributed by atoms with Crippen LogP contribution in [0.3, 0.4) is 0 Å². The third-order valence-electron chi connectivity index (χ3n) is 3.54. The summed E-state index contributed by atoms with van der Waals surface area (Å²) < 4.78 is 2.32. The molecule has 76 valence electrons. The van der Waals surface area contributed by atoms with E-state index in [0.717, 1.165) is 25.6 Å². The van der Waals surface area contributed by atoms with Crippen LogP contribution in [0.15, 0.2) is 6.33 Å². The van der Waals surface area contributed by atoms with Gasteiger partial charge in [0.05, 0.1) is 17.7 Å². The van der Waals surface area contributed by atoms with E-state index in [-0.39, 0.29) is 0 Å². The van der Waals surface area contributed by atoms with Gasteiger partial charge in [0, 0.05) is 25.6 Å². The molecular weight excluding hydrogens is 174 g/mol. The minimum absolute atomic E-state index is 0.756. The third-order valence-corrected chi connectivity index (χ3v) is 3.54. The summed E-state index contributed by atoms with van der Waals surface area (Å²) in [7, 11) is 0. The second-order valence-corrected chi connectivity index (χ2v) is 4.43. The summed E-state index contributed by atoms with van der Waals surface area (Å²) in [5, 5.41) is 3.43. The Morgan fingerprint density at radius 3 is 3.07 bits per heavy atom. The van der Waals surface area contributed by atoms with Gasteiger partial charge >= 0.3 is 0 Å². The van der Waals surface area contributed by atoms with Crippen LogP contribution in [0.1, 0.15) is 43.0 Å². The number of hydrogen-bond acceptors (Lipinski definition) is 2. The quantitative estimate of drug-likeness (QED) is 0.731. The van der Waals surface area contributed by atoms with Gasteiger partial charge in [-0.15, -0.1) is 0 Å². The lowest BCUT2D eigenvalue weighted by atomic mass is 10.0. The first-order valence-corrected chi connectivity index (χ1v) is 5.70. The Hall–Kier alpha value is -0.830. The Kier molecular flexibility index (Phi) is 2.05. The maximum atomic E-state index is 4.60. The van der Waals surface area contributed by atoms with Crippen molar-refractivity contribution >= 4 is 0 Å². The zero-order valence-electron chi connectivity index (χ0n) is 8.50. The average molecular weight is 191 g/mol. The van der Waals surface area contributed by atoms with E-state index in [1.807, 2.05) is 6.33 Å². The Balaban J connectivity index is 1.93. The van der Waals surface area contributed by atoms with E-state index in [9.17, 15) is 0 Å². The van der Waals surface area contributed by atoms with Crippen molar-refractivity contribution in [1.82, 2.24) is 14.9 Å². The Bertz CT molecular complexity index is 323. The van der Waals surface area contributed by atoms with Crippen LogP contribution in [0.25, 0.3) is 0 Å². The number of imidazole rings is 1. The monoisotopic (exact) mass is 191 g/mol. The molecule has 1 aromatic rings. The van der Waals surface area contributed by atoms with Gasteiger partial charge in [-0.25, -0.2) is 4.98 Å². The zero-order valence-corrected chi connectivity index (χ0v) is 8.50. The van der Waals surface area contributed by atoms with Gasteiger partial charge in [0.2, 0.25) is 0 Å². The summed E-state index contributed by atoms with van der Waals surface area (Å²) >= 11 is 0. The molecule has 0 atom stereocenters. The maximum Gasteiger partial charge on any atom is 0.0952 e. The number of fused-ring (bicyclic) bond motifs is 1. The summed E-state index contributed by atoms with van der Waals surface area (Å²) in [6, 6.07) is 0. The molecule has 3 nitrogen and oxygen atoms in total. The predicted octanol–water partition coefficient (Wildman–Crippen LogP) is 1.64. The smallest absolute Gasteiger partial charge is 0.0952 e. The number of aromatic nitrogens is 2. The lowest BCUT2D eigenvalue weighted by molar-refractivity contribution is 0.508. The number of nitrogens with one attached hydrogen (secondary N) is 1. The summed E-state index contributed by atoms with van der Waals surface area (Å²) in [5.41, 5.74) is 2.83. The predicted molar refractivity (Wildman–Crippen MR) is 55.1 cm³/mol. The van der Waals surface area contributed by atoms with E-state index in [1.165, 1.54) is 37.1 Å². The summed E-state index contributed by atoms with van der Waals surface area (Å²) in [5.74, 6) is 0.756. The normalized spacial score (nSPS) is 22.6. The van der Waals surface area contributed by atoms with Crippen LogP contribution in [-0.2, 0) is 13.1 Å². The lowest BCUT2D eigenvalue weighted by Crippen LogP contribution is -2.28. The highest BCUT2D eigenvalue weighted by Crippen LogP contribution is 2.35. The highest BCUT2D eigenvalue weighted by atomic mass is 15.1. The zero-order chi connectivity index (χ0) is 9.38. The van der Waals surface area contributed by atoms with Crippen molar-refractivity contribution in [3.8, 4) is 0 Å². The van der Waals surface area contributed by atoms with Crippen molar-refractivity contribution < 1.29 is 0 Å². The second kappa shape index (κ2) is 3.39. The van der Waals surface area contributed by atoms with Gasteiger partial charge in [0.25, 0.3) is 0 Å². The van der Waals surface area contributed by atoms with Crippen LogP contribution in [0.2, 0.25) is 0 Å². The SMILES string of the molecule is c1nc(C2CCCC2)c2n1CCNC2. The first-order valence-electron chi connectivity index (χ1n) is 5.70. The van der Waals surface area contributed by atoms with Gasteiger partial charge < -0.3 is 9.88 Å². The van der Waals surface area contributed by atoms with Crippen molar-refractivity contribution in [2.45, 2.75) is 44.7 Å². The minimum Gasteiger partial charge on any atom is -0.332 e. The van der Waals surface area contributed by atoms with Crippen LogP contribution < -0.4 is 5.32 Å². The van der Waals surface area contributed by atoms with Crippen LogP contribution in [0, 0.1) is 0 Å². The van der Waals surface area contributed by atoms with Crippen molar-refractivity contribution in [2.24, 2.45) is 0 Å². The summed E-state index contributed by atoms with van der Waals surface area (Å²) in [4.78, 5) is 4.60. The molecule has 0 bridgehead atoms. The Morgan fingerprint density at radius 2 is 2.21 bits per heavy atom. The molecule has 0 aromatic carbocycles. The molecule has 0 spiro atoms. The van der Waals surface area contributed by atoms with Gasteiger partial charge in [-0.05, 0) is 12.8 Å². The first kappa shape index (κ1) is 8.48. The molecule has 1 aliphatic carbocycles. The Morgan fingerprint density at radius 1 is 1.36 bits per heavy atom. The van der Waals surface area contributed by atoms with Gasteiger partial charge in [-0.1, -0.05) is 12.8 Å². The van der Waals surface area contributed by atoms with Gasteiger partial charge in [0.15, 0.2) is 0 Å². The molecule has 3 rings (SSSR count). The molecule has 1 saturated carbocycles. The van der Waals surface area contributed by atoms with Crippen LogP contribution in [0.4, 0.5) is 0 Å². The fraction of sp³-hybridized carbons (Fsp3) is 0.727. The molecule has 0 radical (unpaired) electrons. The summed E-state index contributed by atoms with van der Waals surface area (Å²) in [6.45, 7) is 3.20. The molecule has 1 aliphatic heterocycles. The van der Waals surface area contributed by atoms with Gasteiger partial charge in [-0.3, -0.25) is 0 Å². The van der Waals surface area contributed by atoms with Gasteiger partial charge in [-0.2, -0.15) is 0 Å². The molecule has 0 saturated heterocycles. The highest BCUT2D eigenvalue weighted by Gasteiger charge is 2.24. The maximum absolute atomic E-state index is 4.60. The first-order chi connectivity index (χ1) is 6.95. The fourth-order valence-corrected chi connectivity index (χ4v) is 2.75. The standard InChI is InChI=1S/C11H17N3/c1-2-4-9(3-1)11-10-7-12-5-6-14(10)8-13-11/h8-9,12H,1-7H2. The van der Waals surface area contributed by atoms with E-state index >= 15 is 0 Å². The molecule has 14 heavy (non-hydrogen) atoms. The topological polar surface area (TPSA) is 29.9 Å². The minimum atomic E-state index is 0.756. The molecule has 1 N–H and O–H groups in total. The van der Waals surface area contributed by atoms with Crippen molar-refractivity contribution in [2.75, 3.05) is 6.54 Å². The fourth-order valence-electron chi connectivity index (χ4n) is 2.75. The molecule has 1 aromatic heterocycles. The number of rotatable bonds is 1. The molecule has 1 fully saturated rings. The second-order valence-electron chi connectivity index (χ2n) is 4.43. The van der Waals surface area contributed by atoms with E-state index in [2.05, 4.69) is 14.9 Å². The molecule has 3 heteroatoms. The number of hydrogen-bond donors (Lipinski definition) is 1. The van der Waals surface area contributed by atoms with Crippen molar-refractivity contribution in [3.63, 3.8) is 0 Å². The summed E-state index contributed by atoms with van der Waals surface area (Å²) in [6.07, 6.45) is 7.52. The van der Waals surface area contributed by atoms with E-state index in [0.29, 0.717) is 0 Å². The van der Waals surface area contributed by atoms with Gasteiger partial charge in [0.1, 0.15) is 0 Å². The van der Waals surface area contributed by atoms with E-state index < -0.39 is 0 Å². The molecule has 2 heterocycles. The van der Waals surface area contributed by atoms with Crippen LogP contribution in [-0.4, -0.2) is 16.1 Å². The van der Waals surface area contributed by atoms with Crippen LogP contribution >= 0.6 is 0 Å². The van der Waals surface area contributed by atoms with Crippen LogP contribution in [0.5, 0.6) is 0 Å². The Labute approximate surface area is 84.5 Å². The van der Waals surface area contributed by atoms with Crippen molar-refractivity contribution in [3.05, 3.63) is 17.7 Å².